The van der Waals surface area contributed by atoms with E-state index in [1.807, 2.05) is 0 Å². The third kappa shape index (κ3) is 22.6. The topological polar surface area (TPSA) is 0 Å². The molecule has 0 nitrogen and oxygen atoms in total. The fraction of sp³-hybridized carbons (Fsp3) is 0.857. The van der Waals surface area contributed by atoms with Crippen molar-refractivity contribution >= 4 is 41.8 Å². The van der Waals surface area contributed by atoms with Crippen molar-refractivity contribution in [1.29, 1.82) is 0 Å². The highest BCUT2D eigenvalue weighted by Crippen LogP contribution is 1.99. The molecule has 0 aromatic rings. The van der Waals surface area contributed by atoms with Crippen LogP contribution < -0.4 is 0 Å². The molecule has 0 atom stereocenters. The average molecular weight is 283 g/mol. The molecule has 0 N–H and O–H groups in total. The highest BCUT2D eigenvalue weighted by Gasteiger charge is 1.80. The number of hydrogen-bond acceptors (Lipinski definition) is 0. The second-order valence-corrected chi connectivity index (χ2v) is 10.1. The molecule has 0 bridgehead atoms. The van der Waals surface area contributed by atoms with Crippen molar-refractivity contribution < 1.29 is 0 Å². The van der Waals surface area contributed by atoms with Gasteiger partial charge in [0.1, 0.15) is 0 Å². The van der Waals surface area contributed by atoms with Crippen molar-refractivity contribution in [2.24, 2.45) is 0 Å². The summed E-state index contributed by atoms with van der Waals surface area (Å²) in [6.45, 7) is 5.98. The van der Waals surface area contributed by atoms with Gasteiger partial charge in [0.2, 0.25) is 0 Å². The van der Waals surface area contributed by atoms with Crippen LogP contribution in [-0.4, -0.2) is 16.0 Å². The molecule has 0 unspecified atom stereocenters. The molecule has 0 aromatic heterocycles. The van der Waals surface area contributed by atoms with Gasteiger partial charge in [-0.15, -0.1) is 0 Å². The van der Waals surface area contributed by atoms with E-state index in [9.17, 15) is 0 Å². The van der Waals surface area contributed by atoms with E-state index >= 15 is 0 Å². The van der Waals surface area contributed by atoms with Crippen molar-refractivity contribution in [2.75, 3.05) is 0 Å². The molecule has 0 amide bonds. The second kappa shape index (κ2) is 17.0. The normalized spacial score (nSPS) is 7.60. The Labute approximate surface area is 87.0 Å². The minimum atomic E-state index is 0.0417. The van der Waals surface area contributed by atoms with Gasteiger partial charge in [-0.25, -0.2) is 0 Å². The predicted octanol–water partition coefficient (Wildman–Crippen LogP) is 4.10. The van der Waals surface area contributed by atoms with Crippen molar-refractivity contribution in [3.05, 3.63) is 6.92 Å². The number of halogens is 2. The van der Waals surface area contributed by atoms with Gasteiger partial charge in [0.05, 0.1) is 0 Å². The molecule has 3 heteroatoms. The summed E-state index contributed by atoms with van der Waals surface area (Å²) in [4.78, 5) is 0. The average Bonchev–Trinajstić information content (AvgIpc) is 1.91. The van der Waals surface area contributed by atoms with Crippen LogP contribution in [0.5, 0.6) is 0 Å². The van der Waals surface area contributed by atoms with Crippen LogP contribution in [0.15, 0.2) is 0 Å². The molecule has 0 aliphatic rings. The minimum absolute atomic E-state index is 0.0417. The van der Waals surface area contributed by atoms with Gasteiger partial charge in [-0.2, -0.15) is 0 Å². The number of hydrogen-bond donors (Lipinski definition) is 0. The zero-order valence-corrected chi connectivity index (χ0v) is 11.3. The summed E-state index contributed by atoms with van der Waals surface area (Å²) >= 11 is 6.44. The molecule has 0 aliphatic carbocycles. The van der Waals surface area contributed by atoms with Crippen LogP contribution in [0.4, 0.5) is 0 Å². The zero-order chi connectivity index (χ0) is 8.24. The van der Waals surface area contributed by atoms with Crippen LogP contribution in [0.2, 0.25) is 0 Å². The smallest absolute Gasteiger partial charge is 0.280 e. The molecule has 0 heterocycles. The molecular formula is C7H15Br2Mg. The van der Waals surface area contributed by atoms with Crippen LogP contribution >= 0.6 is 25.8 Å². The van der Waals surface area contributed by atoms with Crippen LogP contribution in [0.25, 0.3) is 0 Å². The molecule has 0 fully saturated rings. The molecule has 0 spiro atoms. The summed E-state index contributed by atoms with van der Waals surface area (Å²) in [5, 5.41) is 0. The predicted molar refractivity (Wildman–Crippen MR) is 57.7 cm³/mol. The van der Waals surface area contributed by atoms with E-state index in [0.29, 0.717) is 0 Å². The minimum Gasteiger partial charge on any atom is -0.280 e. The Hall–Kier alpha value is 1.73. The van der Waals surface area contributed by atoms with Gasteiger partial charge in [0, 0.05) is 0 Å². The van der Waals surface area contributed by atoms with E-state index in [-0.39, 0.29) is 16.0 Å². The van der Waals surface area contributed by atoms with Crippen LogP contribution in [-0.2, 0) is 0 Å². The Morgan fingerprint density at radius 1 is 1.20 bits per heavy atom. The molecule has 0 aromatic carbocycles. The molecule has 0 saturated heterocycles. The lowest BCUT2D eigenvalue weighted by Crippen LogP contribution is -1.71. The van der Waals surface area contributed by atoms with Crippen molar-refractivity contribution in [3.8, 4) is 0 Å². The van der Waals surface area contributed by atoms with E-state index in [1.54, 1.807) is 0 Å². The van der Waals surface area contributed by atoms with Crippen LogP contribution in [0.3, 0.4) is 0 Å². The van der Waals surface area contributed by atoms with E-state index in [2.05, 4.69) is 39.6 Å². The largest absolute Gasteiger partial charge is 0.560 e. The Morgan fingerprint density at radius 3 is 2.00 bits per heavy atom. The maximum Gasteiger partial charge on any atom is 0.560 e. The molecule has 1 radical (unpaired) electrons. The maximum absolute atomic E-state index is 3.76. The van der Waals surface area contributed by atoms with Crippen molar-refractivity contribution in [3.63, 3.8) is 0 Å². The molecule has 59 valence electrons. The number of unbranched alkanes of at least 4 members (excludes halogenated alkanes) is 4. The molecule has 10 heavy (non-hydrogen) atoms. The van der Waals surface area contributed by atoms with Gasteiger partial charge >= 0.3 is 16.0 Å². The van der Waals surface area contributed by atoms with Gasteiger partial charge in [0.15, 0.2) is 0 Å². The highest BCUT2D eigenvalue weighted by molar-refractivity contribution is 9.47. The van der Waals surface area contributed by atoms with Gasteiger partial charge in [-0.1, -0.05) is 46.0 Å². The maximum atomic E-state index is 3.76. The van der Waals surface area contributed by atoms with Crippen molar-refractivity contribution in [1.82, 2.24) is 0 Å². The second-order valence-electron chi connectivity index (χ2n) is 2.02. The quantitative estimate of drug-likeness (QED) is 0.538. The first-order chi connectivity index (χ1) is 4.83. The molecular weight excluding hydrogens is 268 g/mol. The lowest BCUT2D eigenvalue weighted by atomic mass is 10.2. The van der Waals surface area contributed by atoms with E-state index in [4.69, 9.17) is 0 Å². The first kappa shape index (κ1) is 14.3. The summed E-state index contributed by atoms with van der Waals surface area (Å²) in [7, 11) is 0. The lowest BCUT2D eigenvalue weighted by Gasteiger charge is -1.90. The molecule has 0 rings (SSSR count). The Morgan fingerprint density at radius 2 is 1.70 bits per heavy atom. The summed E-state index contributed by atoms with van der Waals surface area (Å²) in [5.74, 6) is 0. The Bertz CT molecular complexity index is 38.6. The van der Waals surface area contributed by atoms with E-state index < -0.39 is 0 Å². The molecule has 0 saturated carbocycles. The van der Waals surface area contributed by atoms with Gasteiger partial charge in [-0.3, -0.25) is 25.8 Å². The standard InChI is InChI=1S/C7H15.2BrH.Mg/c1-3-5-7-6-4-2;;;/h1,3-7H2,2H3;2*1H;/q;;;+2/p-2. The number of rotatable bonds is 4. The van der Waals surface area contributed by atoms with Gasteiger partial charge in [-0.05, 0) is 0 Å². The Balaban J connectivity index is 0. The highest BCUT2D eigenvalue weighted by atomic mass is 79.9. The molecule has 0 aliphatic heterocycles. The third-order valence-electron chi connectivity index (χ3n) is 1.10. The fourth-order valence-electron chi connectivity index (χ4n) is 0.604. The SMILES string of the molecule is [Br][Mg][Br].[CH2]CCCCCC. The monoisotopic (exact) mass is 281 g/mol. The van der Waals surface area contributed by atoms with Crippen molar-refractivity contribution in [2.45, 2.75) is 39.0 Å². The zero-order valence-electron chi connectivity index (χ0n) is 6.71. The van der Waals surface area contributed by atoms with E-state index in [0.717, 1.165) is 6.42 Å². The van der Waals surface area contributed by atoms with Gasteiger partial charge in [0.25, 0.3) is 0 Å². The van der Waals surface area contributed by atoms with E-state index in [1.165, 1.54) is 25.7 Å². The third-order valence-corrected chi connectivity index (χ3v) is 1.10. The summed E-state index contributed by atoms with van der Waals surface area (Å²) in [6.07, 6.45) is 6.52. The summed E-state index contributed by atoms with van der Waals surface area (Å²) in [5.41, 5.74) is 0. The first-order valence-electron chi connectivity index (χ1n) is 3.74. The lowest BCUT2D eigenvalue weighted by molar-refractivity contribution is 0.673. The van der Waals surface area contributed by atoms with Crippen LogP contribution in [0, 0.1) is 6.92 Å². The fourth-order valence-corrected chi connectivity index (χ4v) is 0.604. The van der Waals surface area contributed by atoms with Gasteiger partial charge < -0.3 is 0 Å². The first-order valence-corrected chi connectivity index (χ1v) is 11.5. The Kier molecular flexibility index (Phi) is 24.2. The van der Waals surface area contributed by atoms with Crippen LogP contribution in [0.1, 0.15) is 39.0 Å². The summed E-state index contributed by atoms with van der Waals surface area (Å²) < 4.78 is 0. The summed E-state index contributed by atoms with van der Waals surface area (Å²) in [6, 6.07) is 0.